The van der Waals surface area contributed by atoms with Crippen molar-refractivity contribution < 1.29 is 19.3 Å². The van der Waals surface area contributed by atoms with Gasteiger partial charge in [-0.25, -0.2) is 0 Å². The van der Waals surface area contributed by atoms with Crippen LogP contribution in [0.15, 0.2) is 0 Å². The normalized spacial score (nSPS) is 15.1. The summed E-state index contributed by atoms with van der Waals surface area (Å²) in [6.07, 6.45) is 0.526. The van der Waals surface area contributed by atoms with Crippen molar-refractivity contribution >= 4 is 7.60 Å². The molecule has 0 bridgehead atoms. The molecule has 4 nitrogen and oxygen atoms in total. The second kappa shape index (κ2) is 6.75. The fourth-order valence-corrected chi connectivity index (χ4v) is 3.71. The second-order valence-electron chi connectivity index (χ2n) is 5.13. The Morgan fingerprint density at radius 3 is 1.62 bits per heavy atom. The first kappa shape index (κ1) is 16.1. The lowest BCUT2D eigenvalue weighted by molar-refractivity contribution is -0.397. The third-order valence-electron chi connectivity index (χ3n) is 1.91. The molecule has 98 valence electrons. The Balaban J connectivity index is 4.70. The standard InChI is InChI=1S/C11H26NO3P/c1-8(2)7-11(12)16(13,14-9(3)4)15-10(5)6/h8-11H,7,12H2,1-6H3/p+1. The van der Waals surface area contributed by atoms with Crippen LogP contribution < -0.4 is 5.73 Å². The zero-order chi connectivity index (χ0) is 12.9. The predicted molar refractivity (Wildman–Crippen MR) is 66.2 cm³/mol. The first-order valence-corrected chi connectivity index (χ1v) is 7.58. The molecular weight excluding hydrogens is 225 g/mol. The van der Waals surface area contributed by atoms with Gasteiger partial charge in [0.1, 0.15) is 0 Å². The number of hydrogen-bond donors (Lipinski definition) is 1. The van der Waals surface area contributed by atoms with E-state index in [1.54, 1.807) is 0 Å². The lowest BCUT2D eigenvalue weighted by atomic mass is 10.1. The van der Waals surface area contributed by atoms with Crippen LogP contribution in [-0.2, 0) is 13.6 Å². The minimum atomic E-state index is -3.09. The van der Waals surface area contributed by atoms with Crippen LogP contribution in [0.2, 0.25) is 0 Å². The van der Waals surface area contributed by atoms with E-state index in [4.69, 9.17) is 9.05 Å². The molecule has 0 heterocycles. The smallest absolute Gasteiger partial charge is 0.345 e. The van der Waals surface area contributed by atoms with E-state index in [2.05, 4.69) is 19.6 Å². The van der Waals surface area contributed by atoms with Gasteiger partial charge in [0.2, 0.25) is 0 Å². The van der Waals surface area contributed by atoms with Crippen molar-refractivity contribution in [2.75, 3.05) is 0 Å². The zero-order valence-electron chi connectivity index (χ0n) is 11.4. The molecule has 0 rings (SSSR count). The molecule has 0 amide bonds. The molecule has 0 saturated carbocycles. The summed E-state index contributed by atoms with van der Waals surface area (Å²) < 4.78 is 23.5. The minimum Gasteiger partial charge on any atom is -0.345 e. The van der Waals surface area contributed by atoms with Crippen LogP contribution in [0.3, 0.4) is 0 Å². The summed E-state index contributed by atoms with van der Waals surface area (Å²) in [5, 5.41) is 0. The number of hydrogen-bond acceptors (Lipinski definition) is 3. The molecule has 0 spiro atoms. The van der Waals surface area contributed by atoms with Crippen LogP contribution in [0, 0.1) is 5.92 Å². The quantitative estimate of drug-likeness (QED) is 0.708. The van der Waals surface area contributed by atoms with Gasteiger partial charge in [0, 0.05) is 6.42 Å². The van der Waals surface area contributed by atoms with Crippen molar-refractivity contribution in [3.63, 3.8) is 0 Å². The maximum absolute atomic E-state index is 12.6. The first-order chi connectivity index (χ1) is 7.17. The van der Waals surface area contributed by atoms with Crippen molar-refractivity contribution in [3.8, 4) is 0 Å². The molecule has 16 heavy (non-hydrogen) atoms. The Bertz CT molecular complexity index is 227. The van der Waals surface area contributed by atoms with Crippen LogP contribution in [-0.4, -0.2) is 18.0 Å². The summed E-state index contributed by atoms with van der Waals surface area (Å²) in [6, 6.07) is 0. The summed E-state index contributed by atoms with van der Waals surface area (Å²) in [5.74, 6) is 0.139. The summed E-state index contributed by atoms with van der Waals surface area (Å²) in [6.45, 7) is 11.6. The molecule has 0 aromatic rings. The van der Waals surface area contributed by atoms with Crippen molar-refractivity contribution in [3.05, 3.63) is 0 Å². The van der Waals surface area contributed by atoms with Gasteiger partial charge in [0.25, 0.3) is 0 Å². The van der Waals surface area contributed by atoms with Crippen molar-refractivity contribution in [1.29, 1.82) is 0 Å². The summed E-state index contributed by atoms with van der Waals surface area (Å²) >= 11 is 0. The van der Waals surface area contributed by atoms with E-state index >= 15 is 0 Å². The Kier molecular flexibility index (Phi) is 6.80. The molecule has 0 aliphatic carbocycles. The summed E-state index contributed by atoms with van der Waals surface area (Å²) in [4.78, 5) is 0. The van der Waals surface area contributed by atoms with E-state index in [0.717, 1.165) is 6.42 Å². The molecule has 0 aromatic heterocycles. The fraction of sp³-hybridized carbons (Fsp3) is 1.00. The van der Waals surface area contributed by atoms with Gasteiger partial charge < -0.3 is 14.8 Å². The van der Waals surface area contributed by atoms with E-state index in [1.807, 2.05) is 27.7 Å². The third-order valence-corrected chi connectivity index (χ3v) is 4.44. The average molecular weight is 252 g/mol. The van der Waals surface area contributed by atoms with Gasteiger partial charge >= 0.3 is 7.60 Å². The molecule has 5 heteroatoms. The predicted octanol–water partition coefficient (Wildman–Crippen LogP) is 2.64. The average Bonchev–Trinajstić information content (AvgIpc) is 1.98. The Labute approximate surface area is 99.4 Å². The van der Waals surface area contributed by atoms with Gasteiger partial charge in [0.05, 0.1) is 12.2 Å². The van der Waals surface area contributed by atoms with Gasteiger partial charge in [-0.1, -0.05) is 13.8 Å². The molecule has 3 N–H and O–H groups in total. The van der Waals surface area contributed by atoms with Gasteiger partial charge in [-0.3, -0.25) is 4.57 Å². The Hall–Kier alpha value is 0.110. The van der Waals surface area contributed by atoms with Crippen LogP contribution in [0.1, 0.15) is 48.0 Å². The van der Waals surface area contributed by atoms with Crippen LogP contribution in [0.25, 0.3) is 0 Å². The largest absolute Gasteiger partial charge is 0.387 e. The molecular formula is C11H27NO3P+. The van der Waals surface area contributed by atoms with E-state index in [9.17, 15) is 4.57 Å². The SMILES string of the molecule is CC(C)CC([NH3+])P(=O)(OC(C)C)OC(C)C. The maximum Gasteiger partial charge on any atom is 0.387 e. The van der Waals surface area contributed by atoms with E-state index < -0.39 is 7.60 Å². The molecule has 0 aromatic carbocycles. The highest BCUT2D eigenvalue weighted by Gasteiger charge is 2.38. The van der Waals surface area contributed by atoms with E-state index in [1.165, 1.54) is 0 Å². The zero-order valence-corrected chi connectivity index (χ0v) is 12.3. The minimum absolute atomic E-state index is 0.110. The maximum atomic E-state index is 12.6. The Morgan fingerprint density at radius 1 is 1.00 bits per heavy atom. The highest BCUT2D eigenvalue weighted by atomic mass is 31.2. The van der Waals surface area contributed by atoms with Crippen molar-refractivity contribution in [2.24, 2.45) is 5.92 Å². The number of rotatable bonds is 7. The molecule has 0 aliphatic rings. The number of quaternary nitrogens is 1. The van der Waals surface area contributed by atoms with Crippen LogP contribution in [0.4, 0.5) is 0 Å². The molecule has 0 aliphatic heterocycles. The van der Waals surface area contributed by atoms with Gasteiger partial charge in [0.15, 0.2) is 5.78 Å². The van der Waals surface area contributed by atoms with Gasteiger partial charge in [-0.05, 0) is 33.6 Å². The lowest BCUT2D eigenvalue weighted by Crippen LogP contribution is -2.61. The molecule has 1 unspecified atom stereocenters. The lowest BCUT2D eigenvalue weighted by Gasteiger charge is -2.26. The highest BCUT2D eigenvalue weighted by molar-refractivity contribution is 7.54. The molecule has 1 atom stereocenters. The van der Waals surface area contributed by atoms with E-state index in [0.29, 0.717) is 5.92 Å². The van der Waals surface area contributed by atoms with Gasteiger partial charge in [-0.15, -0.1) is 0 Å². The molecule has 0 radical (unpaired) electrons. The second-order valence-corrected chi connectivity index (χ2v) is 7.36. The third kappa shape index (κ3) is 6.00. The van der Waals surface area contributed by atoms with Gasteiger partial charge in [-0.2, -0.15) is 0 Å². The Morgan fingerprint density at radius 2 is 1.38 bits per heavy atom. The van der Waals surface area contributed by atoms with Crippen LogP contribution >= 0.6 is 7.60 Å². The van der Waals surface area contributed by atoms with Crippen LogP contribution in [0.5, 0.6) is 0 Å². The fourth-order valence-electron chi connectivity index (χ4n) is 1.46. The topological polar surface area (TPSA) is 63.2 Å². The van der Waals surface area contributed by atoms with Crippen molar-refractivity contribution in [2.45, 2.75) is 66.0 Å². The van der Waals surface area contributed by atoms with E-state index in [-0.39, 0.29) is 18.0 Å². The highest BCUT2D eigenvalue weighted by Crippen LogP contribution is 2.53. The summed E-state index contributed by atoms with van der Waals surface area (Å²) in [7, 11) is -3.09. The molecule has 0 fully saturated rings. The summed E-state index contributed by atoms with van der Waals surface area (Å²) in [5.41, 5.74) is 3.94. The first-order valence-electron chi connectivity index (χ1n) is 5.97. The van der Waals surface area contributed by atoms with Crippen molar-refractivity contribution in [1.82, 2.24) is 0 Å². The monoisotopic (exact) mass is 252 g/mol. The molecule has 0 saturated heterocycles.